The molecule has 1 saturated carbocycles. The summed E-state index contributed by atoms with van der Waals surface area (Å²) >= 11 is 0. The summed E-state index contributed by atoms with van der Waals surface area (Å²) in [5.74, 6) is 2.06. The van der Waals surface area contributed by atoms with Gasteiger partial charge in [-0.25, -0.2) is 0 Å². The number of hydrogen-bond donors (Lipinski definition) is 0. The van der Waals surface area contributed by atoms with Crippen molar-refractivity contribution in [1.82, 2.24) is 0 Å². The van der Waals surface area contributed by atoms with Crippen molar-refractivity contribution in [3.8, 4) is 0 Å². The summed E-state index contributed by atoms with van der Waals surface area (Å²) in [6.45, 7) is 20.2. The Labute approximate surface area is 149 Å². The molecular weight excluding hydrogens is 353 g/mol. The van der Waals surface area contributed by atoms with Crippen LogP contribution in [-0.2, 0) is 13.3 Å². The number of fused-ring (bicyclic) bond motifs is 2. The van der Waals surface area contributed by atoms with Crippen molar-refractivity contribution >= 4 is 35.2 Å². The molecule has 0 aliphatic heterocycles. The fourth-order valence-corrected chi connectivity index (χ4v) is 7.41. The molecule has 2 atom stereocenters. The van der Waals surface area contributed by atoms with Crippen molar-refractivity contribution in [2.45, 2.75) is 88.8 Å². The lowest BCUT2D eigenvalue weighted by atomic mass is 10.0. The van der Waals surface area contributed by atoms with Gasteiger partial charge < -0.3 is 13.3 Å². The molecule has 0 aromatic rings. The van der Waals surface area contributed by atoms with Gasteiger partial charge in [-0.15, -0.1) is 0 Å². The lowest BCUT2D eigenvalue weighted by molar-refractivity contribution is 0.0670. The smallest absolute Gasteiger partial charge is 0.242 e. The van der Waals surface area contributed by atoms with Crippen LogP contribution in [0.4, 0.5) is 0 Å². The van der Waals surface area contributed by atoms with E-state index in [1.807, 2.05) is 0 Å². The Morgan fingerprint density at radius 2 is 1.22 bits per heavy atom. The third-order valence-electron chi connectivity index (χ3n) is 3.92. The second-order valence-electron chi connectivity index (χ2n) is 10.1. The third-order valence-corrected chi connectivity index (χ3v) is 7.21. The van der Waals surface area contributed by atoms with E-state index in [0.29, 0.717) is 0 Å². The Morgan fingerprint density at radius 3 is 1.65 bits per heavy atom. The first-order chi connectivity index (χ1) is 10.1. The quantitative estimate of drug-likeness (QED) is 0.601. The van der Waals surface area contributed by atoms with Crippen LogP contribution in [0.1, 0.15) is 19.3 Å². The van der Waals surface area contributed by atoms with Crippen molar-refractivity contribution < 1.29 is 13.3 Å². The van der Waals surface area contributed by atoms with E-state index in [2.05, 4.69) is 69.2 Å². The maximum atomic E-state index is 6.73. The highest BCUT2D eigenvalue weighted by atomic mass is 28.4. The summed E-state index contributed by atoms with van der Waals surface area (Å²) in [5.41, 5.74) is -0.276. The predicted molar refractivity (Wildman–Crippen MR) is 105 cm³/mol. The van der Waals surface area contributed by atoms with Crippen LogP contribution in [0.15, 0.2) is 11.5 Å². The Kier molecular flexibility index (Phi) is 4.73. The molecule has 2 aliphatic carbocycles. The lowest BCUT2D eigenvalue weighted by Gasteiger charge is -2.40. The summed E-state index contributed by atoms with van der Waals surface area (Å²) in [5, 5.41) is -0.102. The molecule has 0 heterocycles. The molecular formula is C16H33O3Si4. The van der Waals surface area contributed by atoms with Crippen LogP contribution < -0.4 is 0 Å². The molecule has 0 amide bonds. The van der Waals surface area contributed by atoms with Crippen molar-refractivity contribution in [1.29, 1.82) is 0 Å². The van der Waals surface area contributed by atoms with E-state index in [1.165, 1.54) is 0 Å². The molecule has 7 heteroatoms. The maximum absolute atomic E-state index is 6.73. The van der Waals surface area contributed by atoms with Gasteiger partial charge in [-0.05, 0) is 78.2 Å². The molecule has 131 valence electrons. The second kappa shape index (κ2) is 5.59. The summed E-state index contributed by atoms with van der Waals surface area (Å²) in [7, 11) is -1.08. The zero-order chi connectivity index (χ0) is 17.9. The van der Waals surface area contributed by atoms with Gasteiger partial charge in [0.25, 0.3) is 0 Å². The van der Waals surface area contributed by atoms with Gasteiger partial charge in [0.15, 0.2) is 8.32 Å². The van der Waals surface area contributed by atoms with Crippen LogP contribution in [0.2, 0.25) is 64.0 Å². The highest BCUT2D eigenvalue weighted by Crippen LogP contribution is 2.65. The molecule has 0 aromatic heterocycles. The average Bonchev–Trinajstić information content (AvgIpc) is 2.65. The minimum atomic E-state index is -1.74. The molecule has 0 N–H and O–H groups in total. The van der Waals surface area contributed by atoms with Crippen molar-refractivity contribution in [2.24, 2.45) is 0 Å². The van der Waals surface area contributed by atoms with E-state index in [0.717, 1.165) is 30.8 Å². The Morgan fingerprint density at radius 1 is 0.739 bits per heavy atom. The van der Waals surface area contributed by atoms with E-state index in [9.17, 15) is 0 Å². The van der Waals surface area contributed by atoms with E-state index < -0.39 is 25.0 Å². The van der Waals surface area contributed by atoms with Gasteiger partial charge in [-0.2, -0.15) is 0 Å². The van der Waals surface area contributed by atoms with E-state index in [1.54, 1.807) is 0 Å². The fraction of sp³-hybridized carbons (Fsp3) is 0.875. The molecule has 2 rings (SSSR count). The van der Waals surface area contributed by atoms with Gasteiger partial charge in [-0.1, -0.05) is 0 Å². The summed E-state index contributed by atoms with van der Waals surface area (Å²) in [4.78, 5) is 0. The zero-order valence-corrected chi connectivity index (χ0v) is 20.3. The van der Waals surface area contributed by atoms with E-state index in [4.69, 9.17) is 13.3 Å². The van der Waals surface area contributed by atoms with Crippen LogP contribution >= 0.6 is 0 Å². The highest BCUT2D eigenvalue weighted by molar-refractivity contribution is 6.71. The number of hydrogen-bond acceptors (Lipinski definition) is 3. The van der Waals surface area contributed by atoms with Gasteiger partial charge in [-0.3, -0.25) is 0 Å². The maximum Gasteiger partial charge on any atom is 0.242 e. The Hall–Kier alpha value is 0.168. The molecule has 0 aromatic carbocycles. The van der Waals surface area contributed by atoms with Crippen molar-refractivity contribution in [3.05, 3.63) is 11.5 Å². The largest absolute Gasteiger partial charge is 0.545 e. The van der Waals surface area contributed by atoms with E-state index in [-0.39, 0.29) is 10.6 Å². The standard InChI is InChI=1S/C16H33O3Si4/c1-21(2,3)17-13-14(18-22(4,5)6)16(20)11-10-15(13,12-16)19-23(7,8)9/h10-12H2,1-9H3. The molecule has 1 fully saturated rings. The molecule has 3 nitrogen and oxygen atoms in total. The fourth-order valence-electron chi connectivity index (χ4n) is 3.51. The van der Waals surface area contributed by atoms with Gasteiger partial charge >= 0.3 is 0 Å². The zero-order valence-electron chi connectivity index (χ0n) is 16.3. The lowest BCUT2D eigenvalue weighted by Crippen LogP contribution is -2.44. The molecule has 3 radical (unpaired) electrons. The second-order valence-corrected chi connectivity index (χ2v) is 24.3. The number of allylic oxidation sites excluding steroid dienone is 1. The molecule has 0 spiro atoms. The van der Waals surface area contributed by atoms with Crippen molar-refractivity contribution in [2.75, 3.05) is 0 Å². The van der Waals surface area contributed by atoms with E-state index >= 15 is 0 Å². The first-order valence-electron chi connectivity index (χ1n) is 8.64. The minimum absolute atomic E-state index is 0.102. The SMILES string of the molecule is C[Si](C)(C)OC1=C(O[Si](C)(C)C)C2(O[Si](C)(C)C)CCC1([Si])C2. The summed E-state index contributed by atoms with van der Waals surface area (Å²) < 4.78 is 19.9. The Bertz CT molecular complexity index is 513. The van der Waals surface area contributed by atoms with Gasteiger partial charge in [0.2, 0.25) is 16.6 Å². The molecule has 0 saturated heterocycles. The third kappa shape index (κ3) is 4.42. The molecule has 2 aliphatic rings. The average molecular weight is 386 g/mol. The van der Waals surface area contributed by atoms with Crippen LogP contribution in [0, 0.1) is 0 Å². The minimum Gasteiger partial charge on any atom is -0.545 e. The van der Waals surface area contributed by atoms with Gasteiger partial charge in [0.1, 0.15) is 17.1 Å². The van der Waals surface area contributed by atoms with Gasteiger partial charge in [0, 0.05) is 15.3 Å². The van der Waals surface area contributed by atoms with Crippen LogP contribution in [0.5, 0.6) is 0 Å². The molecule has 2 unspecified atom stereocenters. The molecule has 2 bridgehead atoms. The van der Waals surface area contributed by atoms with Gasteiger partial charge in [0.05, 0.1) is 0 Å². The van der Waals surface area contributed by atoms with Crippen molar-refractivity contribution in [3.63, 3.8) is 0 Å². The van der Waals surface area contributed by atoms with Crippen LogP contribution in [0.3, 0.4) is 0 Å². The molecule has 23 heavy (non-hydrogen) atoms. The highest BCUT2D eigenvalue weighted by Gasteiger charge is 2.62. The first-order valence-corrected chi connectivity index (χ1v) is 19.4. The summed E-state index contributed by atoms with van der Waals surface area (Å²) in [6.07, 6.45) is 3.03. The number of rotatable bonds is 6. The monoisotopic (exact) mass is 385 g/mol. The normalized spacial score (nSPS) is 31.7. The topological polar surface area (TPSA) is 27.7 Å². The Balaban J connectivity index is 2.51. The van der Waals surface area contributed by atoms with Crippen LogP contribution in [0.25, 0.3) is 0 Å². The first kappa shape index (κ1) is 19.5. The van der Waals surface area contributed by atoms with Crippen LogP contribution in [-0.4, -0.2) is 40.8 Å². The summed E-state index contributed by atoms with van der Waals surface area (Å²) in [6, 6.07) is 0. The predicted octanol–water partition coefficient (Wildman–Crippen LogP) is 5.02.